The van der Waals surface area contributed by atoms with Crippen LogP contribution in [0.5, 0.6) is 0 Å². The van der Waals surface area contributed by atoms with Gasteiger partial charge in [-0.1, -0.05) is 6.07 Å². The van der Waals surface area contributed by atoms with Gasteiger partial charge in [0.1, 0.15) is 12.1 Å². The fraction of sp³-hybridized carbons (Fsp3) is 0.500. The first-order valence-corrected chi connectivity index (χ1v) is 6.66. The SMILES string of the molecule is CC(C)N1CCN(c2cccc3cncn23)CC1. The number of rotatable bonds is 2. The Morgan fingerprint density at radius 3 is 2.61 bits per heavy atom. The molecule has 1 aliphatic heterocycles. The molecule has 0 aromatic carbocycles. The van der Waals surface area contributed by atoms with Crippen molar-refractivity contribution in [3.8, 4) is 0 Å². The van der Waals surface area contributed by atoms with E-state index in [9.17, 15) is 0 Å². The number of piperazine rings is 1. The van der Waals surface area contributed by atoms with Crippen molar-refractivity contribution < 1.29 is 0 Å². The molecule has 2 aromatic heterocycles. The van der Waals surface area contributed by atoms with E-state index < -0.39 is 0 Å². The zero-order valence-corrected chi connectivity index (χ0v) is 11.1. The van der Waals surface area contributed by atoms with Crippen LogP contribution in [0.2, 0.25) is 0 Å². The van der Waals surface area contributed by atoms with Crippen molar-refractivity contribution in [3.63, 3.8) is 0 Å². The molecular formula is C14H20N4. The van der Waals surface area contributed by atoms with E-state index >= 15 is 0 Å². The van der Waals surface area contributed by atoms with Gasteiger partial charge in [-0.2, -0.15) is 0 Å². The molecule has 1 saturated heterocycles. The largest absolute Gasteiger partial charge is 0.355 e. The summed E-state index contributed by atoms with van der Waals surface area (Å²) in [6.07, 6.45) is 3.81. The maximum atomic E-state index is 4.23. The van der Waals surface area contributed by atoms with Crippen molar-refractivity contribution in [1.29, 1.82) is 0 Å². The summed E-state index contributed by atoms with van der Waals surface area (Å²) in [4.78, 5) is 9.21. The topological polar surface area (TPSA) is 23.8 Å². The average Bonchev–Trinajstić information content (AvgIpc) is 2.87. The van der Waals surface area contributed by atoms with Crippen molar-refractivity contribution in [3.05, 3.63) is 30.7 Å². The Balaban J connectivity index is 1.82. The maximum absolute atomic E-state index is 4.23. The summed E-state index contributed by atoms with van der Waals surface area (Å²) < 4.78 is 2.17. The van der Waals surface area contributed by atoms with Crippen molar-refractivity contribution in [2.45, 2.75) is 19.9 Å². The molecule has 0 atom stereocenters. The second-order valence-corrected chi connectivity index (χ2v) is 5.19. The maximum Gasteiger partial charge on any atom is 0.114 e. The first-order valence-electron chi connectivity index (χ1n) is 6.66. The number of fused-ring (bicyclic) bond motifs is 1. The standard InChI is InChI=1S/C14H20N4/c1-12(2)16-6-8-17(9-7-16)14-5-3-4-13-10-15-11-18(13)14/h3-5,10-12H,6-9H2,1-2H3. The zero-order valence-electron chi connectivity index (χ0n) is 11.1. The van der Waals surface area contributed by atoms with Gasteiger partial charge in [-0.3, -0.25) is 9.30 Å². The highest BCUT2D eigenvalue weighted by molar-refractivity contribution is 5.54. The minimum absolute atomic E-state index is 0.649. The first-order chi connectivity index (χ1) is 8.75. The van der Waals surface area contributed by atoms with Gasteiger partial charge in [-0.05, 0) is 26.0 Å². The third kappa shape index (κ3) is 1.97. The van der Waals surface area contributed by atoms with Gasteiger partial charge in [0.15, 0.2) is 0 Å². The average molecular weight is 244 g/mol. The van der Waals surface area contributed by atoms with Crippen LogP contribution >= 0.6 is 0 Å². The monoisotopic (exact) mass is 244 g/mol. The van der Waals surface area contributed by atoms with Gasteiger partial charge in [0.05, 0.1) is 11.7 Å². The summed E-state index contributed by atoms with van der Waals surface area (Å²) in [6, 6.07) is 7.04. The Hall–Kier alpha value is -1.55. The molecule has 18 heavy (non-hydrogen) atoms. The van der Waals surface area contributed by atoms with Crippen LogP contribution in [0, 0.1) is 0 Å². The van der Waals surface area contributed by atoms with Crippen LogP contribution in [-0.2, 0) is 0 Å². The predicted molar refractivity (Wildman–Crippen MR) is 74.1 cm³/mol. The smallest absolute Gasteiger partial charge is 0.114 e. The van der Waals surface area contributed by atoms with Crippen molar-refractivity contribution in [2.24, 2.45) is 0 Å². The third-order valence-corrected chi connectivity index (χ3v) is 3.79. The van der Waals surface area contributed by atoms with Gasteiger partial charge in [0, 0.05) is 32.2 Å². The molecule has 0 unspecified atom stereocenters. The molecule has 0 aliphatic carbocycles. The molecule has 0 saturated carbocycles. The summed E-state index contributed by atoms with van der Waals surface area (Å²) in [5.74, 6) is 1.26. The van der Waals surface area contributed by atoms with Gasteiger partial charge in [0.2, 0.25) is 0 Å². The number of hydrogen-bond acceptors (Lipinski definition) is 3. The highest BCUT2D eigenvalue weighted by atomic mass is 15.3. The van der Waals surface area contributed by atoms with E-state index in [1.165, 1.54) is 11.3 Å². The zero-order chi connectivity index (χ0) is 12.5. The van der Waals surface area contributed by atoms with Gasteiger partial charge in [-0.15, -0.1) is 0 Å². The van der Waals surface area contributed by atoms with Crippen molar-refractivity contribution in [2.75, 3.05) is 31.1 Å². The Labute approximate surface area is 108 Å². The lowest BCUT2D eigenvalue weighted by molar-refractivity contribution is 0.209. The molecule has 96 valence electrons. The summed E-state index contributed by atoms with van der Waals surface area (Å²) in [5, 5.41) is 0. The molecule has 4 heteroatoms. The lowest BCUT2D eigenvalue weighted by atomic mass is 10.2. The number of pyridine rings is 1. The normalized spacial score (nSPS) is 17.8. The molecule has 1 fully saturated rings. The quantitative estimate of drug-likeness (QED) is 0.806. The molecule has 0 spiro atoms. The molecule has 0 bridgehead atoms. The molecular weight excluding hydrogens is 224 g/mol. The molecule has 4 nitrogen and oxygen atoms in total. The van der Waals surface area contributed by atoms with Crippen LogP contribution in [-0.4, -0.2) is 46.5 Å². The van der Waals surface area contributed by atoms with E-state index in [0.29, 0.717) is 6.04 Å². The molecule has 1 aliphatic rings. The Morgan fingerprint density at radius 1 is 1.11 bits per heavy atom. The summed E-state index contributed by atoms with van der Waals surface area (Å²) >= 11 is 0. The molecule has 2 aromatic rings. The van der Waals surface area contributed by atoms with Gasteiger partial charge in [0.25, 0.3) is 0 Å². The Bertz CT molecular complexity index is 523. The van der Waals surface area contributed by atoms with E-state index in [1.54, 1.807) is 0 Å². The molecule has 0 N–H and O–H groups in total. The van der Waals surface area contributed by atoms with Crippen molar-refractivity contribution in [1.82, 2.24) is 14.3 Å². The Morgan fingerprint density at radius 2 is 1.89 bits per heavy atom. The van der Waals surface area contributed by atoms with Crippen LogP contribution in [0.1, 0.15) is 13.8 Å². The van der Waals surface area contributed by atoms with E-state index in [-0.39, 0.29) is 0 Å². The predicted octanol–water partition coefficient (Wildman–Crippen LogP) is 1.86. The lowest BCUT2D eigenvalue weighted by Gasteiger charge is -2.38. The first kappa shape index (κ1) is 11.5. The van der Waals surface area contributed by atoms with Gasteiger partial charge < -0.3 is 4.90 Å². The second-order valence-electron chi connectivity index (χ2n) is 5.19. The van der Waals surface area contributed by atoms with Gasteiger partial charge in [-0.25, -0.2) is 4.98 Å². The molecule has 3 heterocycles. The number of aromatic nitrogens is 2. The minimum Gasteiger partial charge on any atom is -0.355 e. The van der Waals surface area contributed by atoms with Crippen LogP contribution in [0.4, 0.5) is 5.82 Å². The fourth-order valence-electron chi connectivity index (χ4n) is 2.66. The number of hydrogen-bond donors (Lipinski definition) is 0. The van der Waals surface area contributed by atoms with Crippen LogP contribution < -0.4 is 4.90 Å². The molecule has 0 amide bonds. The van der Waals surface area contributed by atoms with Gasteiger partial charge >= 0.3 is 0 Å². The van der Waals surface area contributed by atoms with E-state index in [2.05, 4.69) is 51.2 Å². The number of nitrogens with zero attached hydrogens (tertiary/aromatic N) is 4. The summed E-state index contributed by atoms with van der Waals surface area (Å²) in [6.45, 7) is 9.01. The number of anilines is 1. The summed E-state index contributed by atoms with van der Waals surface area (Å²) in [7, 11) is 0. The van der Waals surface area contributed by atoms with Crippen LogP contribution in [0.3, 0.4) is 0 Å². The number of imidazole rings is 1. The van der Waals surface area contributed by atoms with E-state index in [0.717, 1.165) is 26.2 Å². The highest BCUT2D eigenvalue weighted by Gasteiger charge is 2.20. The molecule has 0 radical (unpaired) electrons. The second kappa shape index (κ2) is 4.61. The lowest BCUT2D eigenvalue weighted by Crippen LogP contribution is -2.49. The van der Waals surface area contributed by atoms with E-state index in [1.807, 2.05) is 12.5 Å². The summed E-state index contributed by atoms with van der Waals surface area (Å²) in [5.41, 5.74) is 1.17. The van der Waals surface area contributed by atoms with Crippen LogP contribution in [0.25, 0.3) is 5.52 Å². The van der Waals surface area contributed by atoms with E-state index in [4.69, 9.17) is 0 Å². The van der Waals surface area contributed by atoms with Crippen LogP contribution in [0.15, 0.2) is 30.7 Å². The van der Waals surface area contributed by atoms with Crippen molar-refractivity contribution >= 4 is 11.3 Å². The third-order valence-electron chi connectivity index (χ3n) is 3.79. The highest BCUT2D eigenvalue weighted by Crippen LogP contribution is 2.19. The Kier molecular flexibility index (Phi) is 2.96. The molecule has 3 rings (SSSR count). The minimum atomic E-state index is 0.649. The fourth-order valence-corrected chi connectivity index (χ4v) is 2.66.